The van der Waals surface area contributed by atoms with Crippen molar-refractivity contribution in [2.24, 2.45) is 5.92 Å². The number of nitrogens with zero attached hydrogens (tertiary/aromatic N) is 1. The molecule has 2 rings (SSSR count). The number of alkyl halides is 1. The summed E-state index contributed by atoms with van der Waals surface area (Å²) in [6, 6.07) is 7.19. The lowest BCUT2D eigenvalue weighted by molar-refractivity contribution is -0.117. The van der Waals surface area contributed by atoms with Crippen LogP contribution in [-0.4, -0.2) is 36.7 Å². The van der Waals surface area contributed by atoms with Gasteiger partial charge in [0.2, 0.25) is 5.91 Å². The monoisotopic (exact) mass is 255 g/mol. The van der Waals surface area contributed by atoms with Crippen LogP contribution in [0.5, 0.6) is 5.75 Å². The Labute approximate surface area is 105 Å². The molecule has 1 aliphatic rings. The standard InChI is InChI=1S/C12H14ClNO3/c1-17-10-4-2-9(3-5-10)14-6-8(7-15)11(13)12(14)16/h2-5,8,11,15H,6-7H2,1H3/t8-,11-/m0/s1. The lowest BCUT2D eigenvalue weighted by Crippen LogP contribution is -2.27. The van der Waals surface area contributed by atoms with Crippen LogP contribution >= 0.6 is 11.6 Å². The molecule has 1 saturated heterocycles. The van der Waals surface area contributed by atoms with Crippen molar-refractivity contribution in [3.05, 3.63) is 24.3 Å². The summed E-state index contributed by atoms with van der Waals surface area (Å²) in [6.45, 7) is 0.377. The third kappa shape index (κ3) is 2.23. The number of aliphatic hydroxyl groups is 1. The second-order valence-corrected chi connectivity index (χ2v) is 4.46. The van der Waals surface area contributed by atoms with Crippen LogP contribution in [0, 0.1) is 5.92 Å². The summed E-state index contributed by atoms with van der Waals surface area (Å²) in [5, 5.41) is 8.48. The third-order valence-electron chi connectivity index (χ3n) is 2.95. The van der Waals surface area contributed by atoms with E-state index in [9.17, 15) is 4.79 Å². The summed E-state index contributed by atoms with van der Waals surface area (Å²) in [5.74, 6) is 0.378. The second kappa shape index (κ2) is 4.94. The number of hydrogen-bond donors (Lipinski definition) is 1. The molecule has 92 valence electrons. The minimum atomic E-state index is -0.637. The van der Waals surface area contributed by atoms with Crippen molar-refractivity contribution in [3.8, 4) is 5.75 Å². The molecule has 1 aliphatic heterocycles. The number of ether oxygens (including phenoxy) is 1. The summed E-state index contributed by atoms with van der Waals surface area (Å²) >= 11 is 5.96. The summed E-state index contributed by atoms with van der Waals surface area (Å²) in [7, 11) is 1.59. The Morgan fingerprint density at radius 2 is 2.12 bits per heavy atom. The van der Waals surface area contributed by atoms with Gasteiger partial charge in [-0.15, -0.1) is 11.6 Å². The second-order valence-electron chi connectivity index (χ2n) is 3.99. The van der Waals surface area contributed by atoms with E-state index in [0.717, 1.165) is 11.4 Å². The topological polar surface area (TPSA) is 49.8 Å². The number of amides is 1. The Morgan fingerprint density at radius 1 is 1.47 bits per heavy atom. The quantitative estimate of drug-likeness (QED) is 0.828. The molecule has 4 nitrogen and oxygen atoms in total. The normalized spacial score (nSPS) is 24.2. The molecule has 0 aromatic heterocycles. The molecule has 1 aromatic carbocycles. The van der Waals surface area contributed by atoms with Crippen LogP contribution in [0.25, 0.3) is 0 Å². The number of aliphatic hydroxyl groups excluding tert-OH is 1. The zero-order chi connectivity index (χ0) is 12.4. The van der Waals surface area contributed by atoms with Crippen LogP contribution in [-0.2, 0) is 4.79 Å². The average Bonchev–Trinajstić information content (AvgIpc) is 2.66. The van der Waals surface area contributed by atoms with Crippen molar-refractivity contribution in [2.45, 2.75) is 5.38 Å². The minimum Gasteiger partial charge on any atom is -0.497 e. The van der Waals surface area contributed by atoms with Gasteiger partial charge in [0, 0.05) is 24.8 Å². The zero-order valence-electron chi connectivity index (χ0n) is 9.47. The van der Waals surface area contributed by atoms with Crippen molar-refractivity contribution in [1.82, 2.24) is 0 Å². The number of rotatable bonds is 3. The Morgan fingerprint density at radius 3 is 2.59 bits per heavy atom. The fourth-order valence-corrected chi connectivity index (χ4v) is 2.19. The molecule has 1 amide bonds. The number of benzene rings is 1. The van der Waals surface area contributed by atoms with Gasteiger partial charge in [0.15, 0.2) is 0 Å². The molecule has 0 spiro atoms. The van der Waals surface area contributed by atoms with Gasteiger partial charge in [-0.05, 0) is 24.3 Å². The lowest BCUT2D eigenvalue weighted by Gasteiger charge is -2.16. The first-order valence-electron chi connectivity index (χ1n) is 5.37. The van der Waals surface area contributed by atoms with Gasteiger partial charge in [-0.25, -0.2) is 0 Å². The third-order valence-corrected chi connectivity index (χ3v) is 3.49. The molecule has 1 heterocycles. The van der Waals surface area contributed by atoms with E-state index in [0.29, 0.717) is 6.54 Å². The van der Waals surface area contributed by atoms with Crippen LogP contribution in [0.3, 0.4) is 0 Å². The summed E-state index contributed by atoms with van der Waals surface area (Å²) in [5.41, 5.74) is 0.775. The van der Waals surface area contributed by atoms with Gasteiger partial charge in [0.05, 0.1) is 7.11 Å². The van der Waals surface area contributed by atoms with Crippen LogP contribution in [0.4, 0.5) is 5.69 Å². The van der Waals surface area contributed by atoms with E-state index in [4.69, 9.17) is 21.4 Å². The molecule has 0 radical (unpaired) electrons. The maximum Gasteiger partial charge on any atom is 0.245 e. The first kappa shape index (κ1) is 12.2. The Balaban J connectivity index is 2.20. The van der Waals surface area contributed by atoms with E-state index in [2.05, 4.69) is 0 Å². The van der Waals surface area contributed by atoms with Crippen molar-refractivity contribution in [2.75, 3.05) is 25.2 Å². The molecule has 1 aromatic rings. The van der Waals surface area contributed by atoms with Crippen LogP contribution < -0.4 is 9.64 Å². The van der Waals surface area contributed by atoms with Crippen LogP contribution in [0.2, 0.25) is 0 Å². The highest BCUT2D eigenvalue weighted by molar-refractivity contribution is 6.34. The number of anilines is 1. The Hall–Kier alpha value is -1.26. The van der Waals surface area contributed by atoms with Gasteiger partial charge in [-0.1, -0.05) is 0 Å². The number of methoxy groups -OCH3 is 1. The zero-order valence-corrected chi connectivity index (χ0v) is 10.2. The molecule has 17 heavy (non-hydrogen) atoms. The van der Waals surface area contributed by atoms with Gasteiger partial charge in [0.25, 0.3) is 0 Å². The van der Waals surface area contributed by atoms with Crippen molar-refractivity contribution in [1.29, 1.82) is 0 Å². The van der Waals surface area contributed by atoms with Crippen LogP contribution in [0.1, 0.15) is 0 Å². The van der Waals surface area contributed by atoms with Gasteiger partial charge >= 0.3 is 0 Å². The minimum absolute atomic E-state index is 0.0768. The van der Waals surface area contributed by atoms with E-state index in [1.165, 1.54) is 0 Å². The van der Waals surface area contributed by atoms with Gasteiger partial charge < -0.3 is 14.7 Å². The summed E-state index contributed by atoms with van der Waals surface area (Å²) < 4.78 is 5.05. The smallest absolute Gasteiger partial charge is 0.245 e. The maximum atomic E-state index is 11.9. The highest BCUT2D eigenvalue weighted by Crippen LogP contribution is 2.29. The number of carbonyl (C=O) groups is 1. The number of carbonyl (C=O) groups excluding carboxylic acids is 1. The Bertz CT molecular complexity index is 407. The first-order valence-corrected chi connectivity index (χ1v) is 5.81. The molecule has 0 unspecified atom stereocenters. The van der Waals surface area contributed by atoms with Crippen molar-refractivity contribution in [3.63, 3.8) is 0 Å². The summed E-state index contributed by atoms with van der Waals surface area (Å²) in [6.07, 6.45) is 0. The lowest BCUT2D eigenvalue weighted by atomic mass is 10.1. The van der Waals surface area contributed by atoms with E-state index in [1.807, 2.05) is 0 Å². The van der Waals surface area contributed by atoms with Gasteiger partial charge in [-0.2, -0.15) is 0 Å². The Kier molecular flexibility index (Phi) is 3.54. The molecule has 5 heteroatoms. The molecular formula is C12H14ClNO3. The molecular weight excluding hydrogens is 242 g/mol. The largest absolute Gasteiger partial charge is 0.497 e. The van der Waals surface area contributed by atoms with E-state index in [1.54, 1.807) is 36.3 Å². The van der Waals surface area contributed by atoms with Gasteiger partial charge in [0.1, 0.15) is 11.1 Å². The SMILES string of the molecule is COc1ccc(N2C[C@@H](CO)[C@H](Cl)C2=O)cc1. The predicted molar refractivity (Wildman–Crippen MR) is 65.6 cm³/mol. The molecule has 2 atom stereocenters. The molecule has 1 fully saturated rings. The molecule has 1 N–H and O–H groups in total. The number of halogens is 1. The summed E-state index contributed by atoms with van der Waals surface area (Å²) in [4.78, 5) is 13.5. The van der Waals surface area contributed by atoms with E-state index in [-0.39, 0.29) is 18.4 Å². The van der Waals surface area contributed by atoms with Crippen molar-refractivity contribution >= 4 is 23.2 Å². The van der Waals surface area contributed by atoms with Gasteiger partial charge in [-0.3, -0.25) is 4.79 Å². The highest BCUT2D eigenvalue weighted by atomic mass is 35.5. The molecule has 0 saturated carbocycles. The number of hydrogen-bond acceptors (Lipinski definition) is 3. The van der Waals surface area contributed by atoms with E-state index >= 15 is 0 Å². The fraction of sp³-hybridized carbons (Fsp3) is 0.417. The van der Waals surface area contributed by atoms with Crippen molar-refractivity contribution < 1.29 is 14.6 Å². The van der Waals surface area contributed by atoms with Crippen LogP contribution in [0.15, 0.2) is 24.3 Å². The maximum absolute atomic E-state index is 11.9. The predicted octanol–water partition coefficient (Wildman–Crippen LogP) is 1.26. The average molecular weight is 256 g/mol. The van der Waals surface area contributed by atoms with E-state index < -0.39 is 5.38 Å². The highest BCUT2D eigenvalue weighted by Gasteiger charge is 2.39. The fourth-order valence-electron chi connectivity index (χ4n) is 1.91. The first-order chi connectivity index (χ1) is 8.17. The molecule has 0 bridgehead atoms. The molecule has 0 aliphatic carbocycles.